The van der Waals surface area contributed by atoms with Crippen LogP contribution in [0.2, 0.25) is 5.02 Å². The van der Waals surface area contributed by atoms with Crippen LogP contribution in [0.3, 0.4) is 0 Å². The van der Waals surface area contributed by atoms with Crippen molar-refractivity contribution in [3.63, 3.8) is 0 Å². The third kappa shape index (κ3) is 3.52. The molecule has 0 aliphatic rings. The van der Waals surface area contributed by atoms with Gasteiger partial charge in [-0.05, 0) is 58.8 Å². The van der Waals surface area contributed by atoms with Gasteiger partial charge >= 0.3 is 0 Å². The second-order valence-corrected chi connectivity index (χ2v) is 6.29. The van der Waals surface area contributed by atoms with Crippen molar-refractivity contribution in [3.8, 4) is 0 Å². The summed E-state index contributed by atoms with van der Waals surface area (Å²) >= 11 is 8.39. The lowest BCUT2D eigenvalue weighted by atomic mass is 10.0. The van der Waals surface area contributed by atoms with Crippen molar-refractivity contribution >= 4 is 34.2 Å². The second kappa shape index (κ2) is 6.89. The Bertz CT molecular complexity index is 597. The maximum atomic E-state index is 6.09. The number of aryl methyl sites for hydroxylation is 2. The van der Waals surface area contributed by atoms with E-state index in [0.29, 0.717) is 0 Å². The number of hydrogen-bond acceptors (Lipinski definition) is 3. The predicted octanol–water partition coefficient (Wildman–Crippen LogP) is 2.99. The van der Waals surface area contributed by atoms with E-state index in [9.17, 15) is 0 Å². The highest BCUT2D eigenvalue weighted by atomic mass is 127. The molecular weight excluding hydrogens is 387 g/mol. The first-order valence-electron chi connectivity index (χ1n) is 6.48. The fourth-order valence-corrected chi connectivity index (χ4v) is 3.08. The van der Waals surface area contributed by atoms with Crippen LogP contribution < -0.4 is 11.3 Å². The number of hydrogen-bond donors (Lipinski definition) is 2. The van der Waals surface area contributed by atoms with Crippen LogP contribution in [0.25, 0.3) is 0 Å². The molecule has 0 fully saturated rings. The van der Waals surface area contributed by atoms with Crippen molar-refractivity contribution in [2.24, 2.45) is 12.9 Å². The first kappa shape index (κ1) is 15.8. The minimum Gasteiger partial charge on any atom is -0.272 e. The molecule has 0 aliphatic carbocycles. The van der Waals surface area contributed by atoms with Crippen LogP contribution in [-0.4, -0.2) is 9.78 Å². The molecule has 2 aromatic rings. The summed E-state index contributed by atoms with van der Waals surface area (Å²) in [6.45, 7) is 2.10. The maximum absolute atomic E-state index is 6.09. The monoisotopic (exact) mass is 404 g/mol. The van der Waals surface area contributed by atoms with Crippen LogP contribution >= 0.6 is 34.2 Å². The number of hydrazine groups is 1. The van der Waals surface area contributed by atoms with Crippen LogP contribution in [0, 0.1) is 3.57 Å². The van der Waals surface area contributed by atoms with E-state index in [1.54, 1.807) is 0 Å². The van der Waals surface area contributed by atoms with E-state index in [1.165, 1.54) is 0 Å². The molecule has 0 bridgehead atoms. The summed E-state index contributed by atoms with van der Waals surface area (Å²) < 4.78 is 3.06. The summed E-state index contributed by atoms with van der Waals surface area (Å²) in [5, 5.41) is 5.19. The molecule has 0 spiro atoms. The highest BCUT2D eigenvalue weighted by molar-refractivity contribution is 14.1. The van der Waals surface area contributed by atoms with Gasteiger partial charge in [0.1, 0.15) is 0 Å². The van der Waals surface area contributed by atoms with Gasteiger partial charge in [0.15, 0.2) is 0 Å². The summed E-state index contributed by atoms with van der Waals surface area (Å²) in [6.07, 6.45) is 1.71. The summed E-state index contributed by atoms with van der Waals surface area (Å²) in [7, 11) is 1.96. The SMILES string of the molecule is CCc1cc(CC(NN)c2cc(Cl)ccc2I)n(C)n1. The Kier molecular flexibility index (Phi) is 5.42. The molecule has 1 atom stereocenters. The zero-order valence-electron chi connectivity index (χ0n) is 11.5. The molecule has 108 valence electrons. The highest BCUT2D eigenvalue weighted by Gasteiger charge is 2.16. The van der Waals surface area contributed by atoms with Gasteiger partial charge in [0.25, 0.3) is 0 Å². The summed E-state index contributed by atoms with van der Waals surface area (Å²) in [5.41, 5.74) is 6.25. The van der Waals surface area contributed by atoms with Gasteiger partial charge in [-0.2, -0.15) is 5.10 Å². The second-order valence-electron chi connectivity index (χ2n) is 4.69. The first-order valence-corrected chi connectivity index (χ1v) is 7.93. The van der Waals surface area contributed by atoms with Crippen LogP contribution in [0.15, 0.2) is 24.3 Å². The molecule has 0 saturated carbocycles. The van der Waals surface area contributed by atoms with E-state index in [4.69, 9.17) is 17.4 Å². The van der Waals surface area contributed by atoms with Gasteiger partial charge in [0.05, 0.1) is 11.7 Å². The van der Waals surface area contributed by atoms with E-state index in [1.807, 2.05) is 29.9 Å². The number of aromatic nitrogens is 2. The third-order valence-electron chi connectivity index (χ3n) is 3.34. The number of nitrogens with zero attached hydrogens (tertiary/aromatic N) is 2. The fraction of sp³-hybridized carbons (Fsp3) is 0.357. The predicted molar refractivity (Wildman–Crippen MR) is 90.5 cm³/mol. The number of rotatable bonds is 5. The van der Waals surface area contributed by atoms with E-state index in [0.717, 1.165) is 38.4 Å². The summed E-state index contributed by atoms with van der Waals surface area (Å²) in [6, 6.07) is 8.00. The Hall–Kier alpha value is -0.630. The molecule has 1 aromatic carbocycles. The van der Waals surface area contributed by atoms with Crippen molar-refractivity contribution < 1.29 is 0 Å². The summed E-state index contributed by atoms with van der Waals surface area (Å²) in [5.74, 6) is 5.73. The van der Waals surface area contributed by atoms with E-state index in [2.05, 4.69) is 46.1 Å². The molecule has 0 saturated heterocycles. The molecule has 3 N–H and O–H groups in total. The molecule has 4 nitrogen and oxygen atoms in total. The smallest absolute Gasteiger partial charge is 0.0624 e. The lowest BCUT2D eigenvalue weighted by Gasteiger charge is -2.18. The van der Waals surface area contributed by atoms with Crippen molar-refractivity contribution in [1.82, 2.24) is 15.2 Å². The topological polar surface area (TPSA) is 55.9 Å². The molecule has 1 heterocycles. The van der Waals surface area contributed by atoms with E-state index in [-0.39, 0.29) is 6.04 Å². The fourth-order valence-electron chi connectivity index (χ4n) is 2.18. The number of benzene rings is 1. The molecule has 20 heavy (non-hydrogen) atoms. The zero-order valence-corrected chi connectivity index (χ0v) is 14.4. The number of nitrogens with two attached hydrogens (primary N) is 1. The minimum absolute atomic E-state index is 0.0145. The first-order chi connectivity index (χ1) is 9.55. The lowest BCUT2D eigenvalue weighted by Crippen LogP contribution is -2.30. The number of halogens is 2. The standard InChI is InChI=1S/C14H18ClIN4/c1-3-10-7-11(20(2)19-10)8-14(18-17)12-6-9(15)4-5-13(12)16/h4-7,14,18H,3,8,17H2,1-2H3. The van der Waals surface area contributed by atoms with Crippen LogP contribution in [0.1, 0.15) is 29.9 Å². The normalized spacial score (nSPS) is 12.7. The Balaban J connectivity index is 2.28. The van der Waals surface area contributed by atoms with Crippen LogP contribution in [0.5, 0.6) is 0 Å². The van der Waals surface area contributed by atoms with Crippen LogP contribution in [0.4, 0.5) is 0 Å². The van der Waals surface area contributed by atoms with Gasteiger partial charge in [-0.3, -0.25) is 16.0 Å². The van der Waals surface area contributed by atoms with Crippen molar-refractivity contribution in [2.75, 3.05) is 0 Å². The van der Waals surface area contributed by atoms with Gasteiger partial charge in [-0.15, -0.1) is 0 Å². The Morgan fingerprint density at radius 3 is 2.80 bits per heavy atom. The van der Waals surface area contributed by atoms with Gasteiger partial charge in [0, 0.05) is 27.8 Å². The van der Waals surface area contributed by atoms with E-state index < -0.39 is 0 Å². The van der Waals surface area contributed by atoms with Gasteiger partial charge < -0.3 is 0 Å². The molecule has 0 amide bonds. The Labute approximate surface area is 137 Å². The summed E-state index contributed by atoms with van der Waals surface area (Å²) in [4.78, 5) is 0. The maximum Gasteiger partial charge on any atom is 0.0624 e. The van der Waals surface area contributed by atoms with Gasteiger partial charge in [-0.25, -0.2) is 0 Å². The van der Waals surface area contributed by atoms with Gasteiger partial charge in [-0.1, -0.05) is 18.5 Å². The molecule has 2 rings (SSSR count). The zero-order chi connectivity index (χ0) is 14.7. The molecule has 0 radical (unpaired) electrons. The quantitative estimate of drug-likeness (QED) is 0.458. The Morgan fingerprint density at radius 2 is 2.20 bits per heavy atom. The molecular formula is C14H18ClIN4. The Morgan fingerprint density at radius 1 is 1.45 bits per heavy atom. The lowest BCUT2D eigenvalue weighted by molar-refractivity contribution is 0.528. The molecule has 6 heteroatoms. The average molecular weight is 405 g/mol. The number of nitrogens with one attached hydrogen (secondary N) is 1. The van der Waals surface area contributed by atoms with Crippen molar-refractivity contribution in [3.05, 3.63) is 49.8 Å². The average Bonchev–Trinajstić information content (AvgIpc) is 2.79. The largest absolute Gasteiger partial charge is 0.272 e. The van der Waals surface area contributed by atoms with E-state index >= 15 is 0 Å². The molecule has 1 unspecified atom stereocenters. The molecule has 0 aliphatic heterocycles. The van der Waals surface area contributed by atoms with Gasteiger partial charge in [0.2, 0.25) is 0 Å². The third-order valence-corrected chi connectivity index (χ3v) is 4.55. The highest BCUT2D eigenvalue weighted by Crippen LogP contribution is 2.26. The van der Waals surface area contributed by atoms with Crippen LogP contribution in [-0.2, 0) is 19.9 Å². The molecule has 1 aromatic heterocycles. The van der Waals surface area contributed by atoms with Crippen molar-refractivity contribution in [1.29, 1.82) is 0 Å². The van der Waals surface area contributed by atoms with Crippen molar-refractivity contribution in [2.45, 2.75) is 25.8 Å². The minimum atomic E-state index is 0.0145.